The third kappa shape index (κ3) is 6.72. The van der Waals surface area contributed by atoms with Gasteiger partial charge in [-0.05, 0) is 54.9 Å². The summed E-state index contributed by atoms with van der Waals surface area (Å²) in [4.78, 5) is 23.1. The van der Waals surface area contributed by atoms with Gasteiger partial charge in [0.1, 0.15) is 17.2 Å². The van der Waals surface area contributed by atoms with Crippen LogP contribution in [0.5, 0.6) is 11.5 Å². The second kappa shape index (κ2) is 10.4. The monoisotopic (exact) mass is 417 g/mol. The molecule has 2 N–H and O–H groups in total. The summed E-state index contributed by atoms with van der Waals surface area (Å²) in [6, 6.07) is 11.0. The third-order valence-corrected chi connectivity index (χ3v) is 4.14. The molecule has 154 valence electrons. The molecule has 0 saturated carbocycles. The number of nitrogens with zero attached hydrogens (tertiary/aromatic N) is 1. The van der Waals surface area contributed by atoms with Crippen LogP contribution in [0.4, 0.5) is 11.4 Å². The topological polar surface area (TPSA) is 103 Å². The molecule has 1 amide bonds. The average Bonchev–Trinajstić information content (AvgIpc) is 2.68. The van der Waals surface area contributed by atoms with Crippen LogP contribution in [-0.2, 0) is 0 Å². The second-order valence-corrected chi connectivity index (χ2v) is 7.02. The molecule has 0 spiro atoms. The Bertz CT molecular complexity index is 901. The van der Waals surface area contributed by atoms with Crippen molar-refractivity contribution in [1.82, 2.24) is 5.32 Å². The van der Waals surface area contributed by atoms with E-state index in [2.05, 4.69) is 24.5 Å². The number of anilines is 1. The smallest absolute Gasteiger partial charge is 0.296 e. The fourth-order valence-corrected chi connectivity index (χ4v) is 2.57. The molecule has 0 saturated heterocycles. The Hall–Kier alpha value is -3.20. The van der Waals surface area contributed by atoms with Crippen LogP contribution in [-0.4, -0.2) is 29.7 Å². The van der Waals surface area contributed by atoms with Gasteiger partial charge in [0.2, 0.25) is 0 Å². The van der Waals surface area contributed by atoms with Crippen LogP contribution in [0.2, 0.25) is 0 Å². The highest BCUT2D eigenvalue weighted by molar-refractivity contribution is 7.80. The van der Waals surface area contributed by atoms with Crippen LogP contribution in [0.3, 0.4) is 0 Å². The summed E-state index contributed by atoms with van der Waals surface area (Å²) in [5, 5.41) is 16.4. The van der Waals surface area contributed by atoms with Gasteiger partial charge in [-0.25, -0.2) is 0 Å². The van der Waals surface area contributed by atoms with Crippen molar-refractivity contribution >= 4 is 34.6 Å². The van der Waals surface area contributed by atoms with Gasteiger partial charge < -0.3 is 14.8 Å². The number of nitrogens with one attached hydrogen (secondary N) is 2. The minimum absolute atomic E-state index is 0.0607. The predicted octanol–water partition coefficient (Wildman–Crippen LogP) is 4.16. The van der Waals surface area contributed by atoms with Gasteiger partial charge in [0.05, 0.1) is 24.7 Å². The molecule has 0 unspecified atom stereocenters. The first kappa shape index (κ1) is 22.1. The lowest BCUT2D eigenvalue weighted by atomic mass is 10.1. The molecule has 0 aromatic heterocycles. The molecule has 8 nitrogen and oxygen atoms in total. The van der Waals surface area contributed by atoms with Crippen LogP contribution in [0.1, 0.15) is 30.6 Å². The van der Waals surface area contributed by atoms with Gasteiger partial charge in [0.25, 0.3) is 11.6 Å². The van der Waals surface area contributed by atoms with Crippen LogP contribution in [0.25, 0.3) is 0 Å². The van der Waals surface area contributed by atoms with Crippen molar-refractivity contribution < 1.29 is 19.2 Å². The number of nitro groups is 1. The maximum absolute atomic E-state index is 12.5. The fraction of sp³-hybridized carbons (Fsp3) is 0.300. The van der Waals surface area contributed by atoms with Crippen molar-refractivity contribution in [3.05, 3.63) is 58.1 Å². The Morgan fingerprint density at radius 3 is 2.62 bits per heavy atom. The van der Waals surface area contributed by atoms with Gasteiger partial charge in [-0.3, -0.25) is 20.2 Å². The maximum Gasteiger partial charge on any atom is 0.296 e. The van der Waals surface area contributed by atoms with E-state index in [0.717, 1.165) is 6.42 Å². The predicted molar refractivity (Wildman–Crippen MR) is 115 cm³/mol. The first-order valence-corrected chi connectivity index (χ1v) is 9.38. The van der Waals surface area contributed by atoms with Gasteiger partial charge >= 0.3 is 0 Å². The minimum Gasteiger partial charge on any atom is -0.496 e. The number of carbonyl (C=O) groups excluding carboxylic acids is 1. The van der Waals surface area contributed by atoms with Crippen LogP contribution in [0.15, 0.2) is 42.5 Å². The molecule has 0 aliphatic carbocycles. The summed E-state index contributed by atoms with van der Waals surface area (Å²) in [7, 11) is 1.41. The van der Waals surface area contributed by atoms with E-state index in [1.54, 1.807) is 30.3 Å². The lowest BCUT2D eigenvalue weighted by Gasteiger charge is -2.12. The summed E-state index contributed by atoms with van der Waals surface area (Å²) in [6.45, 7) is 4.77. The molecule has 9 heteroatoms. The molecule has 0 atom stereocenters. The second-order valence-electron chi connectivity index (χ2n) is 6.61. The van der Waals surface area contributed by atoms with E-state index >= 15 is 0 Å². The fourth-order valence-electron chi connectivity index (χ4n) is 2.36. The van der Waals surface area contributed by atoms with Crippen molar-refractivity contribution in [1.29, 1.82) is 0 Å². The molecule has 2 aromatic carbocycles. The Morgan fingerprint density at radius 1 is 1.21 bits per heavy atom. The molecule has 0 radical (unpaired) electrons. The first-order chi connectivity index (χ1) is 13.8. The van der Waals surface area contributed by atoms with Gasteiger partial charge in [0, 0.05) is 5.56 Å². The number of hydrogen-bond acceptors (Lipinski definition) is 6. The number of methoxy groups -OCH3 is 1. The average molecular weight is 417 g/mol. The summed E-state index contributed by atoms with van der Waals surface area (Å²) >= 11 is 5.12. The Balaban J connectivity index is 2.02. The third-order valence-electron chi connectivity index (χ3n) is 3.94. The number of nitro benzene ring substituents is 1. The SMILES string of the molecule is COc1ccc(NC(=S)NC(=O)c2cccc(OCCC(C)C)c2)c([N+](=O)[O-])c1. The van der Waals surface area contributed by atoms with Crippen molar-refractivity contribution in [3.63, 3.8) is 0 Å². The molecule has 2 aromatic rings. The number of amides is 1. The summed E-state index contributed by atoms with van der Waals surface area (Å²) in [6.07, 6.45) is 0.908. The molecule has 0 heterocycles. The van der Waals surface area contributed by atoms with E-state index in [1.807, 2.05) is 0 Å². The summed E-state index contributed by atoms with van der Waals surface area (Å²) in [5.74, 6) is 0.995. The van der Waals surface area contributed by atoms with Crippen LogP contribution >= 0.6 is 12.2 Å². The lowest BCUT2D eigenvalue weighted by molar-refractivity contribution is -0.384. The quantitative estimate of drug-likeness (QED) is 0.378. The Morgan fingerprint density at radius 2 is 1.97 bits per heavy atom. The van der Waals surface area contributed by atoms with Crippen molar-refractivity contribution in [2.75, 3.05) is 19.0 Å². The summed E-state index contributed by atoms with van der Waals surface area (Å²) in [5.41, 5.74) is 0.286. The number of ether oxygens (including phenoxy) is 2. The molecule has 0 aliphatic heterocycles. The van der Waals surface area contributed by atoms with Crippen molar-refractivity contribution in [2.45, 2.75) is 20.3 Å². The molecular weight excluding hydrogens is 394 g/mol. The maximum atomic E-state index is 12.5. The standard InChI is InChI=1S/C20H23N3O5S/c1-13(2)9-10-28-16-6-4-5-14(11-16)19(24)22-20(29)21-17-8-7-15(27-3)12-18(17)23(25)26/h4-8,11-13H,9-10H2,1-3H3,(H2,21,22,24,29). The molecule has 0 bridgehead atoms. The van der Waals surface area contributed by atoms with Gasteiger partial charge in [-0.15, -0.1) is 0 Å². The molecule has 0 aliphatic rings. The molecule has 0 fully saturated rings. The summed E-state index contributed by atoms with van der Waals surface area (Å²) < 4.78 is 10.6. The highest BCUT2D eigenvalue weighted by Crippen LogP contribution is 2.28. The number of thiocarbonyl (C=S) groups is 1. The zero-order valence-electron chi connectivity index (χ0n) is 16.4. The van der Waals surface area contributed by atoms with E-state index in [9.17, 15) is 14.9 Å². The highest BCUT2D eigenvalue weighted by atomic mass is 32.1. The van der Waals surface area contributed by atoms with E-state index in [0.29, 0.717) is 29.6 Å². The van der Waals surface area contributed by atoms with Crippen LogP contribution in [0, 0.1) is 16.0 Å². The lowest BCUT2D eigenvalue weighted by Crippen LogP contribution is -2.34. The van der Waals surface area contributed by atoms with Gasteiger partial charge in [-0.2, -0.15) is 0 Å². The minimum atomic E-state index is -0.562. The number of hydrogen-bond donors (Lipinski definition) is 2. The Kier molecular flexibility index (Phi) is 7.90. The normalized spacial score (nSPS) is 10.3. The van der Waals surface area contributed by atoms with Gasteiger partial charge in [-0.1, -0.05) is 19.9 Å². The van der Waals surface area contributed by atoms with E-state index in [-0.39, 0.29) is 16.5 Å². The number of benzene rings is 2. The van der Waals surface area contributed by atoms with E-state index in [1.165, 1.54) is 19.2 Å². The molecule has 29 heavy (non-hydrogen) atoms. The zero-order chi connectivity index (χ0) is 21.4. The zero-order valence-corrected chi connectivity index (χ0v) is 17.2. The van der Waals surface area contributed by atoms with Gasteiger partial charge in [0.15, 0.2) is 5.11 Å². The number of carbonyl (C=O) groups is 1. The van der Waals surface area contributed by atoms with Crippen molar-refractivity contribution in [3.8, 4) is 11.5 Å². The Labute approximate surface area is 174 Å². The first-order valence-electron chi connectivity index (χ1n) is 8.97. The van der Waals surface area contributed by atoms with E-state index in [4.69, 9.17) is 21.7 Å². The molecular formula is C20H23N3O5S. The number of rotatable bonds is 8. The van der Waals surface area contributed by atoms with E-state index < -0.39 is 10.8 Å². The van der Waals surface area contributed by atoms with Crippen molar-refractivity contribution in [2.24, 2.45) is 5.92 Å². The highest BCUT2D eigenvalue weighted by Gasteiger charge is 2.17. The largest absolute Gasteiger partial charge is 0.496 e. The molecule has 2 rings (SSSR count). The van der Waals surface area contributed by atoms with Crippen LogP contribution < -0.4 is 20.1 Å².